The number of anilines is 1. The van der Waals surface area contributed by atoms with Gasteiger partial charge in [0.15, 0.2) is 0 Å². The summed E-state index contributed by atoms with van der Waals surface area (Å²) in [5.74, 6) is 0.557. The predicted molar refractivity (Wildman–Crippen MR) is 144 cm³/mol. The van der Waals surface area contributed by atoms with E-state index in [1.807, 2.05) is 31.2 Å². The molecule has 6 nitrogen and oxygen atoms in total. The molecule has 1 heterocycles. The number of aromatic nitrogens is 1. The Kier molecular flexibility index (Phi) is 6.43. The Balaban J connectivity index is 1.26. The lowest BCUT2D eigenvalue weighted by Gasteiger charge is -2.20. The molecule has 0 spiro atoms. The molecule has 0 fully saturated rings. The molecule has 0 aliphatic heterocycles. The molecule has 7 heteroatoms. The maximum absolute atomic E-state index is 12.9. The summed E-state index contributed by atoms with van der Waals surface area (Å²) in [4.78, 5) is 0.240. The van der Waals surface area contributed by atoms with Gasteiger partial charge in [-0.2, -0.15) is 0 Å². The van der Waals surface area contributed by atoms with Gasteiger partial charge in [-0.3, -0.25) is 4.31 Å². The lowest BCUT2D eigenvalue weighted by atomic mass is 10.2. The summed E-state index contributed by atoms with van der Waals surface area (Å²) in [5.41, 5.74) is 3.66. The fourth-order valence-electron chi connectivity index (χ4n) is 4.42. The SMILES string of the molecule is Cc1ccc(S(=O)(=O)N(C)c2ccc(OC[C@H](O)Cn3c4ccccc4c4ccccc43)cc2)cc1. The van der Waals surface area contributed by atoms with Crippen LogP contribution < -0.4 is 9.04 Å². The van der Waals surface area contributed by atoms with Gasteiger partial charge in [-0.15, -0.1) is 0 Å². The highest BCUT2D eigenvalue weighted by Crippen LogP contribution is 2.29. The van der Waals surface area contributed by atoms with Crippen LogP contribution in [0.3, 0.4) is 0 Å². The van der Waals surface area contributed by atoms with Crippen LogP contribution in [0.15, 0.2) is 102 Å². The standard InChI is InChI=1S/C29H28N2O4S/c1-21-11-17-25(18-12-21)36(33,34)30(2)22-13-15-24(16-14-22)35-20-23(32)19-31-28-9-5-3-7-26(28)27-8-4-6-10-29(27)31/h3-18,23,32H,19-20H2,1-2H3/t23-/m1/s1. The average molecular weight is 501 g/mol. The first-order chi connectivity index (χ1) is 17.3. The summed E-state index contributed by atoms with van der Waals surface area (Å²) in [6.45, 7) is 2.42. The molecule has 0 unspecified atom stereocenters. The summed E-state index contributed by atoms with van der Waals surface area (Å²) in [5, 5.41) is 13.1. The van der Waals surface area contributed by atoms with E-state index in [1.165, 1.54) is 11.4 Å². The van der Waals surface area contributed by atoms with Crippen LogP contribution in [-0.2, 0) is 16.6 Å². The average Bonchev–Trinajstić information content (AvgIpc) is 3.21. The normalized spacial score (nSPS) is 12.6. The molecule has 36 heavy (non-hydrogen) atoms. The second-order valence-corrected chi connectivity index (χ2v) is 10.9. The Morgan fingerprint density at radius 1 is 0.833 bits per heavy atom. The van der Waals surface area contributed by atoms with Crippen molar-refractivity contribution in [3.8, 4) is 5.75 Å². The van der Waals surface area contributed by atoms with Gasteiger partial charge in [0.25, 0.3) is 10.0 Å². The largest absolute Gasteiger partial charge is 0.491 e. The molecule has 0 saturated carbocycles. The summed E-state index contributed by atoms with van der Waals surface area (Å²) >= 11 is 0. The first-order valence-corrected chi connectivity index (χ1v) is 13.2. The zero-order valence-electron chi connectivity index (χ0n) is 20.2. The number of benzene rings is 4. The number of fused-ring (bicyclic) bond motifs is 3. The quantitative estimate of drug-likeness (QED) is 0.311. The lowest BCUT2D eigenvalue weighted by Crippen LogP contribution is -2.26. The van der Waals surface area contributed by atoms with E-state index in [0.717, 1.165) is 27.4 Å². The molecular weight excluding hydrogens is 472 g/mol. The van der Waals surface area contributed by atoms with Crippen molar-refractivity contribution in [2.45, 2.75) is 24.5 Å². The number of nitrogens with zero attached hydrogens (tertiary/aromatic N) is 2. The van der Waals surface area contributed by atoms with Crippen molar-refractivity contribution in [3.05, 3.63) is 103 Å². The molecule has 0 aliphatic carbocycles. The number of hydrogen-bond acceptors (Lipinski definition) is 4. The van der Waals surface area contributed by atoms with Crippen LogP contribution >= 0.6 is 0 Å². The minimum absolute atomic E-state index is 0.109. The maximum atomic E-state index is 12.9. The highest BCUT2D eigenvalue weighted by atomic mass is 32.2. The van der Waals surface area contributed by atoms with Gasteiger partial charge < -0.3 is 14.4 Å². The Morgan fingerprint density at radius 3 is 1.97 bits per heavy atom. The van der Waals surface area contributed by atoms with Crippen molar-refractivity contribution in [3.63, 3.8) is 0 Å². The van der Waals surface area contributed by atoms with Crippen molar-refractivity contribution in [1.29, 1.82) is 0 Å². The predicted octanol–water partition coefficient (Wildman–Crippen LogP) is 5.37. The Labute approximate surface area is 211 Å². The van der Waals surface area contributed by atoms with Gasteiger partial charge >= 0.3 is 0 Å². The van der Waals surface area contributed by atoms with Crippen molar-refractivity contribution >= 4 is 37.5 Å². The molecule has 0 aliphatic rings. The molecule has 1 atom stereocenters. The van der Waals surface area contributed by atoms with E-state index >= 15 is 0 Å². The van der Waals surface area contributed by atoms with E-state index in [1.54, 1.807) is 48.5 Å². The van der Waals surface area contributed by atoms with Gasteiger partial charge in [-0.1, -0.05) is 54.1 Å². The Hall–Kier alpha value is -3.81. The fraction of sp³-hybridized carbons (Fsp3) is 0.172. The van der Waals surface area contributed by atoms with E-state index in [4.69, 9.17) is 4.74 Å². The molecular formula is C29H28N2O4S. The highest BCUT2D eigenvalue weighted by Gasteiger charge is 2.21. The number of ether oxygens (including phenoxy) is 1. The molecule has 0 saturated heterocycles. The fourth-order valence-corrected chi connectivity index (χ4v) is 5.61. The molecule has 0 bridgehead atoms. The Morgan fingerprint density at radius 2 is 1.39 bits per heavy atom. The topological polar surface area (TPSA) is 71.8 Å². The van der Waals surface area contributed by atoms with Crippen molar-refractivity contribution in [1.82, 2.24) is 4.57 Å². The van der Waals surface area contributed by atoms with Crippen LogP contribution in [0.25, 0.3) is 21.8 Å². The van der Waals surface area contributed by atoms with Crippen molar-refractivity contribution < 1.29 is 18.3 Å². The second-order valence-electron chi connectivity index (χ2n) is 8.89. The molecule has 0 amide bonds. The number of aryl methyl sites for hydroxylation is 1. The molecule has 1 N–H and O–H groups in total. The van der Waals surface area contributed by atoms with Crippen LogP contribution in [-0.4, -0.2) is 37.8 Å². The molecule has 1 aromatic heterocycles. The van der Waals surface area contributed by atoms with Gasteiger partial charge in [0, 0.05) is 28.9 Å². The third-order valence-electron chi connectivity index (χ3n) is 6.40. The van der Waals surface area contributed by atoms with E-state index < -0.39 is 16.1 Å². The van der Waals surface area contributed by atoms with Gasteiger partial charge in [0.05, 0.1) is 17.1 Å². The second kappa shape index (κ2) is 9.68. The van der Waals surface area contributed by atoms with Gasteiger partial charge in [0.1, 0.15) is 18.5 Å². The number of rotatable bonds is 8. The van der Waals surface area contributed by atoms with Crippen LogP contribution in [0, 0.1) is 6.92 Å². The minimum atomic E-state index is -3.66. The zero-order valence-corrected chi connectivity index (χ0v) is 21.0. The van der Waals surface area contributed by atoms with Crippen LogP contribution in [0.5, 0.6) is 5.75 Å². The van der Waals surface area contributed by atoms with Crippen LogP contribution in [0.1, 0.15) is 5.56 Å². The van der Waals surface area contributed by atoms with Crippen molar-refractivity contribution in [2.75, 3.05) is 18.0 Å². The maximum Gasteiger partial charge on any atom is 0.264 e. The van der Waals surface area contributed by atoms with Crippen LogP contribution in [0.2, 0.25) is 0 Å². The molecule has 4 aromatic carbocycles. The van der Waals surface area contributed by atoms with E-state index in [9.17, 15) is 13.5 Å². The molecule has 0 radical (unpaired) electrons. The number of sulfonamides is 1. The third-order valence-corrected chi connectivity index (χ3v) is 8.20. The van der Waals surface area contributed by atoms with Gasteiger partial charge in [0.2, 0.25) is 0 Å². The molecule has 5 aromatic rings. The summed E-state index contributed by atoms with van der Waals surface area (Å²) in [7, 11) is -2.13. The third kappa shape index (κ3) is 4.55. The van der Waals surface area contributed by atoms with E-state index in [-0.39, 0.29) is 11.5 Å². The zero-order chi connectivity index (χ0) is 25.3. The minimum Gasteiger partial charge on any atom is -0.491 e. The van der Waals surface area contributed by atoms with E-state index in [0.29, 0.717) is 18.0 Å². The monoisotopic (exact) mass is 500 g/mol. The highest BCUT2D eigenvalue weighted by molar-refractivity contribution is 7.92. The smallest absolute Gasteiger partial charge is 0.264 e. The van der Waals surface area contributed by atoms with Crippen LogP contribution in [0.4, 0.5) is 5.69 Å². The van der Waals surface area contributed by atoms with Crippen molar-refractivity contribution in [2.24, 2.45) is 0 Å². The van der Waals surface area contributed by atoms with E-state index in [2.05, 4.69) is 28.8 Å². The first-order valence-electron chi connectivity index (χ1n) is 11.8. The number of hydrogen-bond donors (Lipinski definition) is 1. The van der Waals surface area contributed by atoms with Gasteiger partial charge in [-0.05, 0) is 55.5 Å². The summed E-state index contributed by atoms with van der Waals surface area (Å²) in [6, 6.07) is 29.9. The molecule has 184 valence electrons. The molecule has 5 rings (SSSR count). The summed E-state index contributed by atoms with van der Waals surface area (Å²) < 4.78 is 35.1. The number of para-hydroxylation sites is 2. The first kappa shape index (κ1) is 23.9. The van der Waals surface area contributed by atoms with Gasteiger partial charge in [-0.25, -0.2) is 8.42 Å². The summed E-state index contributed by atoms with van der Waals surface area (Å²) in [6.07, 6.45) is -0.728. The number of aliphatic hydroxyl groups is 1. The lowest BCUT2D eigenvalue weighted by molar-refractivity contribution is 0.0945. The Bertz CT molecular complexity index is 1550. The number of aliphatic hydroxyl groups excluding tert-OH is 1.